The lowest BCUT2D eigenvalue weighted by atomic mass is 10.2. The third kappa shape index (κ3) is 4.00. The molecule has 4 heteroatoms. The Hall–Kier alpha value is -0.970. The van der Waals surface area contributed by atoms with E-state index in [0.717, 1.165) is 30.9 Å². The van der Waals surface area contributed by atoms with Crippen molar-refractivity contribution in [1.82, 2.24) is 14.8 Å². The molecule has 106 valence electrons. The fourth-order valence-electron chi connectivity index (χ4n) is 2.52. The summed E-state index contributed by atoms with van der Waals surface area (Å²) in [6.45, 7) is 10.8. The molecule has 1 aliphatic rings. The van der Waals surface area contributed by atoms with Gasteiger partial charge in [-0.2, -0.15) is 0 Å². The van der Waals surface area contributed by atoms with E-state index in [1.54, 1.807) is 0 Å². The monoisotopic (exact) mass is 262 g/mol. The van der Waals surface area contributed by atoms with Crippen LogP contribution in [0.3, 0.4) is 0 Å². The molecule has 0 bridgehead atoms. The van der Waals surface area contributed by atoms with Crippen LogP contribution in [0.25, 0.3) is 0 Å². The summed E-state index contributed by atoms with van der Waals surface area (Å²) < 4.78 is 0. The van der Waals surface area contributed by atoms with Crippen LogP contribution < -0.4 is 5.73 Å². The Kier molecular flexibility index (Phi) is 5.31. The van der Waals surface area contributed by atoms with Crippen molar-refractivity contribution in [2.45, 2.75) is 39.4 Å². The van der Waals surface area contributed by atoms with Crippen molar-refractivity contribution in [2.24, 2.45) is 5.73 Å². The number of nitrogens with zero attached hydrogens (tertiary/aromatic N) is 3. The molecule has 1 aromatic rings. The lowest BCUT2D eigenvalue weighted by Gasteiger charge is -2.37. The van der Waals surface area contributed by atoms with E-state index in [9.17, 15) is 0 Å². The van der Waals surface area contributed by atoms with Crippen molar-refractivity contribution < 1.29 is 0 Å². The molecule has 19 heavy (non-hydrogen) atoms. The first-order valence-electron chi connectivity index (χ1n) is 7.33. The highest BCUT2D eigenvalue weighted by Gasteiger charge is 2.20. The maximum atomic E-state index is 5.58. The molecule has 0 saturated carbocycles. The standard InChI is InChI=1S/C15H26N4/c1-3-13(2)19-8-6-18(7-9-19)12-15-5-4-14(10-16)11-17-15/h4-5,11,13H,3,6-10,12,16H2,1-2H3. The summed E-state index contributed by atoms with van der Waals surface area (Å²) in [5.74, 6) is 0. The normalized spacial score (nSPS) is 19.5. The molecule has 0 aliphatic carbocycles. The van der Waals surface area contributed by atoms with Gasteiger partial charge in [-0.1, -0.05) is 13.0 Å². The van der Waals surface area contributed by atoms with Crippen molar-refractivity contribution in [2.75, 3.05) is 26.2 Å². The van der Waals surface area contributed by atoms with Crippen molar-refractivity contribution in [3.63, 3.8) is 0 Å². The third-order valence-electron chi connectivity index (χ3n) is 4.13. The van der Waals surface area contributed by atoms with Gasteiger partial charge in [-0.15, -0.1) is 0 Å². The Morgan fingerprint density at radius 1 is 1.26 bits per heavy atom. The SMILES string of the molecule is CCC(C)N1CCN(Cc2ccc(CN)cn2)CC1. The molecule has 1 atom stereocenters. The summed E-state index contributed by atoms with van der Waals surface area (Å²) in [4.78, 5) is 9.55. The second-order valence-corrected chi connectivity index (χ2v) is 5.43. The number of aromatic nitrogens is 1. The van der Waals surface area contributed by atoms with Gasteiger partial charge in [0.05, 0.1) is 5.69 Å². The van der Waals surface area contributed by atoms with Crippen LogP contribution in [0.2, 0.25) is 0 Å². The Balaban J connectivity index is 1.81. The average Bonchev–Trinajstić information content (AvgIpc) is 2.48. The summed E-state index contributed by atoms with van der Waals surface area (Å²) in [6.07, 6.45) is 3.13. The van der Waals surface area contributed by atoms with E-state index in [2.05, 4.69) is 40.8 Å². The zero-order valence-corrected chi connectivity index (χ0v) is 12.2. The highest BCUT2D eigenvalue weighted by atomic mass is 15.3. The smallest absolute Gasteiger partial charge is 0.0544 e. The topological polar surface area (TPSA) is 45.4 Å². The molecular weight excluding hydrogens is 236 g/mol. The van der Waals surface area contributed by atoms with Gasteiger partial charge in [-0.3, -0.25) is 14.8 Å². The van der Waals surface area contributed by atoms with Crippen LogP contribution in [0.4, 0.5) is 0 Å². The molecule has 1 aromatic heterocycles. The highest BCUT2D eigenvalue weighted by molar-refractivity contribution is 5.13. The molecule has 1 saturated heterocycles. The first-order chi connectivity index (χ1) is 9.22. The Bertz CT molecular complexity index is 368. The van der Waals surface area contributed by atoms with Gasteiger partial charge in [0.2, 0.25) is 0 Å². The van der Waals surface area contributed by atoms with Gasteiger partial charge >= 0.3 is 0 Å². The first kappa shape index (κ1) is 14.4. The first-order valence-corrected chi connectivity index (χ1v) is 7.33. The van der Waals surface area contributed by atoms with Gasteiger partial charge in [0, 0.05) is 51.5 Å². The minimum absolute atomic E-state index is 0.570. The lowest BCUT2D eigenvalue weighted by molar-refractivity contribution is 0.0956. The fourth-order valence-corrected chi connectivity index (χ4v) is 2.52. The fraction of sp³-hybridized carbons (Fsp3) is 0.667. The van der Waals surface area contributed by atoms with Gasteiger partial charge < -0.3 is 5.73 Å². The third-order valence-corrected chi connectivity index (χ3v) is 4.13. The lowest BCUT2D eigenvalue weighted by Crippen LogP contribution is -2.49. The molecule has 0 amide bonds. The van der Waals surface area contributed by atoms with E-state index in [0.29, 0.717) is 12.6 Å². The van der Waals surface area contributed by atoms with E-state index >= 15 is 0 Å². The molecule has 0 spiro atoms. The summed E-state index contributed by atoms with van der Waals surface area (Å²) in [7, 11) is 0. The van der Waals surface area contributed by atoms with Crippen molar-refractivity contribution in [1.29, 1.82) is 0 Å². The predicted octanol–water partition coefficient (Wildman–Crippen LogP) is 1.46. The van der Waals surface area contributed by atoms with E-state index in [-0.39, 0.29) is 0 Å². The minimum atomic E-state index is 0.570. The van der Waals surface area contributed by atoms with Gasteiger partial charge in [-0.05, 0) is 25.0 Å². The number of hydrogen-bond donors (Lipinski definition) is 1. The van der Waals surface area contributed by atoms with E-state index in [4.69, 9.17) is 5.73 Å². The second kappa shape index (κ2) is 6.98. The van der Waals surface area contributed by atoms with Gasteiger partial charge in [0.1, 0.15) is 0 Å². The summed E-state index contributed by atoms with van der Waals surface area (Å²) in [5.41, 5.74) is 7.83. The Morgan fingerprint density at radius 3 is 2.53 bits per heavy atom. The second-order valence-electron chi connectivity index (χ2n) is 5.43. The van der Waals surface area contributed by atoms with Crippen LogP contribution in [-0.4, -0.2) is 47.0 Å². The molecule has 2 heterocycles. The average molecular weight is 262 g/mol. The van der Waals surface area contributed by atoms with Crippen molar-refractivity contribution >= 4 is 0 Å². The number of pyridine rings is 1. The van der Waals surface area contributed by atoms with Crippen LogP contribution in [0.15, 0.2) is 18.3 Å². The molecule has 1 unspecified atom stereocenters. The van der Waals surface area contributed by atoms with E-state index < -0.39 is 0 Å². The summed E-state index contributed by atoms with van der Waals surface area (Å²) in [5, 5.41) is 0. The molecule has 0 radical (unpaired) electrons. The summed E-state index contributed by atoms with van der Waals surface area (Å²) in [6, 6.07) is 4.89. The highest BCUT2D eigenvalue weighted by Crippen LogP contribution is 2.11. The molecule has 4 nitrogen and oxygen atoms in total. The van der Waals surface area contributed by atoms with Crippen LogP contribution in [0.5, 0.6) is 0 Å². The van der Waals surface area contributed by atoms with Gasteiger partial charge in [-0.25, -0.2) is 0 Å². The largest absolute Gasteiger partial charge is 0.326 e. The Labute approximate surface area is 116 Å². The van der Waals surface area contributed by atoms with Crippen molar-refractivity contribution in [3.05, 3.63) is 29.6 Å². The number of rotatable bonds is 5. The van der Waals surface area contributed by atoms with Crippen LogP contribution in [0, 0.1) is 0 Å². The summed E-state index contributed by atoms with van der Waals surface area (Å²) >= 11 is 0. The van der Waals surface area contributed by atoms with Crippen molar-refractivity contribution in [3.8, 4) is 0 Å². The van der Waals surface area contributed by atoms with Crippen LogP contribution in [-0.2, 0) is 13.1 Å². The zero-order chi connectivity index (χ0) is 13.7. The molecular formula is C15H26N4. The van der Waals surface area contributed by atoms with Gasteiger partial charge in [0.25, 0.3) is 0 Å². The number of hydrogen-bond acceptors (Lipinski definition) is 4. The quantitative estimate of drug-likeness (QED) is 0.872. The van der Waals surface area contributed by atoms with Gasteiger partial charge in [0.15, 0.2) is 0 Å². The minimum Gasteiger partial charge on any atom is -0.326 e. The molecule has 1 fully saturated rings. The maximum Gasteiger partial charge on any atom is 0.0544 e. The van der Waals surface area contributed by atoms with Crippen LogP contribution >= 0.6 is 0 Å². The van der Waals surface area contributed by atoms with E-state index in [1.165, 1.54) is 19.5 Å². The van der Waals surface area contributed by atoms with E-state index in [1.807, 2.05) is 6.20 Å². The molecule has 2 rings (SSSR count). The maximum absolute atomic E-state index is 5.58. The molecule has 0 aromatic carbocycles. The molecule has 1 aliphatic heterocycles. The number of nitrogens with two attached hydrogens (primary N) is 1. The zero-order valence-electron chi connectivity index (χ0n) is 12.2. The Morgan fingerprint density at radius 2 is 2.00 bits per heavy atom. The van der Waals surface area contributed by atoms with Crippen LogP contribution in [0.1, 0.15) is 31.5 Å². The predicted molar refractivity (Wildman–Crippen MR) is 78.7 cm³/mol. The molecule has 2 N–H and O–H groups in total. The number of piperazine rings is 1.